The Morgan fingerprint density at radius 2 is 1.85 bits per heavy atom. The van der Waals surface area contributed by atoms with E-state index < -0.39 is 17.9 Å². The monoisotopic (exact) mass is 351 g/mol. The van der Waals surface area contributed by atoms with E-state index in [2.05, 4.69) is 10.6 Å². The summed E-state index contributed by atoms with van der Waals surface area (Å²) in [7, 11) is 0. The van der Waals surface area contributed by atoms with E-state index in [4.69, 9.17) is 5.26 Å². The van der Waals surface area contributed by atoms with Crippen molar-refractivity contribution in [2.45, 2.75) is 19.4 Å². The minimum Gasteiger partial charge on any atom is -0.480 e. The molecule has 2 rings (SSSR count). The lowest BCUT2D eigenvalue weighted by Gasteiger charge is -2.15. The first kappa shape index (κ1) is 18.7. The van der Waals surface area contributed by atoms with Crippen LogP contribution in [0.5, 0.6) is 0 Å². The molecule has 0 saturated carbocycles. The summed E-state index contributed by atoms with van der Waals surface area (Å²) in [6, 6.07) is 13.6. The van der Waals surface area contributed by atoms with Gasteiger partial charge in [-0.05, 0) is 35.9 Å². The van der Waals surface area contributed by atoms with Crippen molar-refractivity contribution in [3.63, 3.8) is 0 Å². The molecule has 7 heteroatoms. The van der Waals surface area contributed by atoms with Crippen LogP contribution in [0, 0.1) is 11.3 Å². The van der Waals surface area contributed by atoms with Crippen molar-refractivity contribution < 1.29 is 19.5 Å². The van der Waals surface area contributed by atoms with Crippen molar-refractivity contribution in [3.05, 3.63) is 65.2 Å². The summed E-state index contributed by atoms with van der Waals surface area (Å²) in [6.45, 7) is 1.35. The lowest BCUT2D eigenvalue weighted by molar-refractivity contribution is -0.139. The van der Waals surface area contributed by atoms with Crippen LogP contribution in [-0.4, -0.2) is 28.9 Å². The molecule has 0 aliphatic rings. The highest BCUT2D eigenvalue weighted by molar-refractivity contribution is 5.98. The first-order valence-corrected chi connectivity index (χ1v) is 7.79. The van der Waals surface area contributed by atoms with Crippen molar-refractivity contribution in [2.24, 2.45) is 0 Å². The molecule has 0 bridgehead atoms. The number of carboxylic acid groups (broad SMARTS) is 1. The predicted octanol–water partition coefficient (Wildman–Crippen LogP) is 1.94. The quantitative estimate of drug-likeness (QED) is 0.735. The summed E-state index contributed by atoms with van der Waals surface area (Å²) in [5, 5.41) is 23.2. The van der Waals surface area contributed by atoms with Crippen LogP contribution in [0.2, 0.25) is 0 Å². The molecule has 0 unspecified atom stereocenters. The number of carbonyl (C=O) groups excluding carboxylic acids is 2. The highest BCUT2D eigenvalue weighted by Gasteiger charge is 2.21. The van der Waals surface area contributed by atoms with Crippen molar-refractivity contribution in [2.75, 3.05) is 5.32 Å². The molecule has 0 fully saturated rings. The van der Waals surface area contributed by atoms with E-state index in [0.717, 1.165) is 0 Å². The number of carboxylic acids is 1. The molecular formula is C19H17N3O4. The number of nitriles is 1. The third-order valence-corrected chi connectivity index (χ3v) is 3.57. The van der Waals surface area contributed by atoms with Crippen molar-refractivity contribution in [1.29, 1.82) is 5.26 Å². The lowest BCUT2D eigenvalue weighted by Crippen LogP contribution is -2.42. The number of rotatable bonds is 6. The zero-order chi connectivity index (χ0) is 19.1. The second-order valence-corrected chi connectivity index (χ2v) is 5.64. The van der Waals surface area contributed by atoms with Crippen LogP contribution >= 0.6 is 0 Å². The number of anilines is 1. The number of aliphatic carboxylic acids is 1. The van der Waals surface area contributed by atoms with Gasteiger partial charge in [0.1, 0.15) is 6.04 Å². The number of carbonyl (C=O) groups is 3. The summed E-state index contributed by atoms with van der Waals surface area (Å²) in [4.78, 5) is 34.9. The van der Waals surface area contributed by atoms with Gasteiger partial charge < -0.3 is 15.7 Å². The van der Waals surface area contributed by atoms with Gasteiger partial charge in [0.25, 0.3) is 5.91 Å². The van der Waals surface area contributed by atoms with Crippen LogP contribution in [0.25, 0.3) is 0 Å². The first-order valence-electron chi connectivity index (χ1n) is 7.79. The molecule has 0 radical (unpaired) electrons. The molecule has 0 heterocycles. The van der Waals surface area contributed by atoms with E-state index in [-0.39, 0.29) is 17.9 Å². The van der Waals surface area contributed by atoms with Gasteiger partial charge in [0, 0.05) is 24.6 Å². The largest absolute Gasteiger partial charge is 0.480 e. The lowest BCUT2D eigenvalue weighted by atomic mass is 10.0. The standard InChI is InChI=1S/C19H17N3O4/c1-12(23)21-16-4-2-3-15(10-16)18(24)22-17(19(25)26)9-13-5-7-14(11-20)8-6-13/h2-8,10,17H,9H2,1H3,(H,21,23)(H,22,24)(H,25,26)/t17-/m0/s1. The first-order chi connectivity index (χ1) is 12.4. The van der Waals surface area contributed by atoms with E-state index in [0.29, 0.717) is 16.8 Å². The minimum absolute atomic E-state index is 0.0815. The van der Waals surface area contributed by atoms with Gasteiger partial charge in [-0.2, -0.15) is 5.26 Å². The third-order valence-electron chi connectivity index (χ3n) is 3.57. The zero-order valence-electron chi connectivity index (χ0n) is 14.0. The van der Waals surface area contributed by atoms with E-state index >= 15 is 0 Å². The molecule has 0 saturated heterocycles. The average molecular weight is 351 g/mol. The van der Waals surface area contributed by atoms with Gasteiger partial charge in [-0.15, -0.1) is 0 Å². The van der Waals surface area contributed by atoms with Crippen molar-refractivity contribution in [3.8, 4) is 6.07 Å². The summed E-state index contributed by atoms with van der Waals surface area (Å²) < 4.78 is 0. The van der Waals surface area contributed by atoms with Crippen LogP contribution < -0.4 is 10.6 Å². The topological polar surface area (TPSA) is 119 Å². The van der Waals surface area contributed by atoms with Crippen LogP contribution in [0.15, 0.2) is 48.5 Å². The van der Waals surface area contributed by atoms with E-state index in [1.807, 2.05) is 6.07 Å². The molecule has 1 atom stereocenters. The number of benzene rings is 2. The molecule has 132 valence electrons. The van der Waals surface area contributed by atoms with Crippen LogP contribution in [0.4, 0.5) is 5.69 Å². The molecular weight excluding hydrogens is 334 g/mol. The SMILES string of the molecule is CC(=O)Nc1cccc(C(=O)N[C@@H](Cc2ccc(C#N)cc2)C(=O)O)c1. The Kier molecular flexibility index (Phi) is 6.06. The van der Waals surface area contributed by atoms with Gasteiger partial charge in [0.15, 0.2) is 0 Å². The van der Waals surface area contributed by atoms with Gasteiger partial charge in [0.05, 0.1) is 11.6 Å². The Morgan fingerprint density at radius 3 is 2.42 bits per heavy atom. The van der Waals surface area contributed by atoms with Gasteiger partial charge >= 0.3 is 5.97 Å². The van der Waals surface area contributed by atoms with Crippen LogP contribution in [0.1, 0.15) is 28.4 Å². The maximum Gasteiger partial charge on any atom is 0.326 e. The second-order valence-electron chi connectivity index (χ2n) is 5.64. The summed E-state index contributed by atoms with van der Waals surface area (Å²) in [5.41, 5.74) is 1.84. The average Bonchev–Trinajstić information content (AvgIpc) is 2.61. The molecule has 0 aliphatic heterocycles. The Morgan fingerprint density at radius 1 is 1.15 bits per heavy atom. The summed E-state index contributed by atoms with van der Waals surface area (Å²) >= 11 is 0. The summed E-state index contributed by atoms with van der Waals surface area (Å²) in [6.07, 6.45) is 0.0815. The fourth-order valence-corrected chi connectivity index (χ4v) is 2.33. The highest BCUT2D eigenvalue weighted by Crippen LogP contribution is 2.12. The Bertz CT molecular complexity index is 869. The normalized spacial score (nSPS) is 11.1. The fourth-order valence-electron chi connectivity index (χ4n) is 2.33. The number of nitrogens with zero attached hydrogens (tertiary/aromatic N) is 1. The molecule has 2 aromatic carbocycles. The molecule has 3 N–H and O–H groups in total. The van der Waals surface area contributed by atoms with Gasteiger partial charge in [-0.1, -0.05) is 18.2 Å². The number of hydrogen-bond acceptors (Lipinski definition) is 4. The predicted molar refractivity (Wildman–Crippen MR) is 94.5 cm³/mol. The zero-order valence-corrected chi connectivity index (χ0v) is 14.0. The molecule has 0 aromatic heterocycles. The van der Waals surface area contributed by atoms with Crippen LogP contribution in [0.3, 0.4) is 0 Å². The fraction of sp³-hybridized carbons (Fsp3) is 0.158. The summed E-state index contributed by atoms with van der Waals surface area (Å²) in [5.74, 6) is -1.99. The molecule has 2 aromatic rings. The van der Waals surface area contributed by atoms with Gasteiger partial charge in [-0.25, -0.2) is 4.79 Å². The minimum atomic E-state index is -1.17. The van der Waals surface area contributed by atoms with E-state index in [9.17, 15) is 19.5 Å². The maximum absolute atomic E-state index is 12.4. The molecule has 7 nitrogen and oxygen atoms in total. The number of amides is 2. The molecule has 2 amide bonds. The molecule has 26 heavy (non-hydrogen) atoms. The third kappa shape index (κ3) is 5.18. The van der Waals surface area contributed by atoms with Crippen LogP contribution in [-0.2, 0) is 16.0 Å². The van der Waals surface area contributed by atoms with Crippen molar-refractivity contribution >= 4 is 23.5 Å². The Balaban J connectivity index is 2.11. The molecule has 0 aliphatic carbocycles. The van der Waals surface area contributed by atoms with E-state index in [1.54, 1.807) is 36.4 Å². The Hall–Kier alpha value is -3.66. The second kappa shape index (κ2) is 8.44. The number of hydrogen-bond donors (Lipinski definition) is 3. The van der Waals surface area contributed by atoms with E-state index in [1.165, 1.54) is 19.1 Å². The smallest absolute Gasteiger partial charge is 0.326 e. The van der Waals surface area contributed by atoms with Gasteiger partial charge in [-0.3, -0.25) is 9.59 Å². The maximum atomic E-state index is 12.4. The molecule has 0 spiro atoms. The number of nitrogens with one attached hydrogen (secondary N) is 2. The highest BCUT2D eigenvalue weighted by atomic mass is 16.4. The van der Waals surface area contributed by atoms with Gasteiger partial charge in [0.2, 0.25) is 5.91 Å². The Labute approximate surface area is 150 Å². The van der Waals surface area contributed by atoms with Crippen molar-refractivity contribution in [1.82, 2.24) is 5.32 Å².